The quantitative estimate of drug-likeness (QED) is 0.674. The molecule has 0 aliphatic carbocycles. The first kappa shape index (κ1) is 23.9. The van der Waals surface area contributed by atoms with Crippen molar-refractivity contribution in [2.45, 2.75) is 55.7 Å². The summed E-state index contributed by atoms with van der Waals surface area (Å²) in [5, 5.41) is 19.5. The standard InChI is InChI=1S/C26H32N2O4S/c1-19-6-5-7-23(16-19)33(31,32)27-14-3-4-15-28-24(17-27)26(25(28)18-29)22-12-10-21(11-13-22)9-8-20(2)30/h5-7,10-13,16,20,24-26,29-30H,3-4,14-15,17-18H2,1-2H3/t20-,24-,25+,26-/m0/s1. The highest BCUT2D eigenvalue weighted by Crippen LogP contribution is 2.42. The molecule has 2 aromatic rings. The number of aliphatic hydroxyl groups is 2. The summed E-state index contributed by atoms with van der Waals surface area (Å²) in [4.78, 5) is 2.61. The molecule has 0 radical (unpaired) electrons. The smallest absolute Gasteiger partial charge is 0.243 e. The zero-order valence-corrected chi connectivity index (χ0v) is 20.0. The van der Waals surface area contributed by atoms with Crippen molar-refractivity contribution in [3.8, 4) is 11.8 Å². The van der Waals surface area contributed by atoms with Crippen LogP contribution in [0.15, 0.2) is 53.4 Å². The van der Waals surface area contributed by atoms with Crippen LogP contribution in [-0.4, -0.2) is 72.3 Å². The van der Waals surface area contributed by atoms with Gasteiger partial charge >= 0.3 is 0 Å². The van der Waals surface area contributed by atoms with Crippen molar-refractivity contribution in [2.75, 3.05) is 26.2 Å². The van der Waals surface area contributed by atoms with Crippen molar-refractivity contribution in [3.63, 3.8) is 0 Å². The Hall–Kier alpha value is -2.21. The molecule has 2 N–H and O–H groups in total. The van der Waals surface area contributed by atoms with Gasteiger partial charge in [-0.1, -0.05) is 36.1 Å². The maximum atomic E-state index is 13.5. The lowest BCUT2D eigenvalue weighted by Crippen LogP contribution is -2.67. The SMILES string of the molecule is Cc1cccc(S(=O)(=O)N2CCCCN3[C@H](CO)[C@@H](c4ccc(C#C[C@H](C)O)cc4)[C@@H]3C2)c1. The number of fused-ring (bicyclic) bond motifs is 1. The third-order valence-electron chi connectivity index (χ3n) is 6.68. The molecular weight excluding hydrogens is 436 g/mol. The minimum Gasteiger partial charge on any atom is -0.395 e. The van der Waals surface area contributed by atoms with Crippen LogP contribution in [0.4, 0.5) is 0 Å². The highest BCUT2D eigenvalue weighted by atomic mass is 32.2. The van der Waals surface area contributed by atoms with E-state index in [2.05, 4.69) is 16.7 Å². The van der Waals surface area contributed by atoms with E-state index in [9.17, 15) is 18.6 Å². The van der Waals surface area contributed by atoms with Crippen LogP contribution in [-0.2, 0) is 10.0 Å². The number of sulfonamides is 1. The largest absolute Gasteiger partial charge is 0.395 e. The molecule has 33 heavy (non-hydrogen) atoms. The van der Waals surface area contributed by atoms with E-state index in [1.807, 2.05) is 37.3 Å². The van der Waals surface area contributed by atoms with Crippen LogP contribution in [0.3, 0.4) is 0 Å². The van der Waals surface area contributed by atoms with Crippen molar-refractivity contribution < 1.29 is 18.6 Å². The molecule has 0 bridgehead atoms. The molecule has 6 nitrogen and oxygen atoms in total. The first-order valence-corrected chi connectivity index (χ1v) is 13.0. The molecule has 0 aromatic heterocycles. The Morgan fingerprint density at radius 1 is 1.12 bits per heavy atom. The monoisotopic (exact) mass is 468 g/mol. The van der Waals surface area contributed by atoms with Crippen LogP contribution in [0.2, 0.25) is 0 Å². The van der Waals surface area contributed by atoms with E-state index in [-0.39, 0.29) is 24.6 Å². The highest BCUT2D eigenvalue weighted by molar-refractivity contribution is 7.89. The van der Waals surface area contributed by atoms with Crippen molar-refractivity contribution in [1.82, 2.24) is 9.21 Å². The van der Waals surface area contributed by atoms with E-state index in [1.165, 1.54) is 0 Å². The number of aryl methyl sites for hydroxylation is 1. The lowest BCUT2D eigenvalue weighted by atomic mass is 9.74. The summed E-state index contributed by atoms with van der Waals surface area (Å²) in [5.74, 6) is 5.74. The van der Waals surface area contributed by atoms with E-state index in [1.54, 1.807) is 29.4 Å². The van der Waals surface area contributed by atoms with Gasteiger partial charge in [-0.15, -0.1) is 0 Å². The maximum Gasteiger partial charge on any atom is 0.243 e. The molecule has 2 heterocycles. The molecule has 2 fully saturated rings. The number of aliphatic hydroxyl groups excluding tert-OH is 2. The maximum absolute atomic E-state index is 13.5. The fourth-order valence-electron chi connectivity index (χ4n) is 5.03. The van der Waals surface area contributed by atoms with Gasteiger partial charge in [0.15, 0.2) is 0 Å². The van der Waals surface area contributed by atoms with Gasteiger partial charge in [-0.3, -0.25) is 4.90 Å². The normalized spacial score (nSPS) is 25.0. The van der Waals surface area contributed by atoms with Crippen LogP contribution in [0.25, 0.3) is 0 Å². The number of benzene rings is 2. The fraction of sp³-hybridized carbons (Fsp3) is 0.462. The summed E-state index contributed by atoms with van der Waals surface area (Å²) in [6.45, 7) is 5.34. The molecule has 2 aliphatic heterocycles. The van der Waals surface area contributed by atoms with Crippen LogP contribution >= 0.6 is 0 Å². The minimum absolute atomic E-state index is 0.0106. The Labute approximate surface area is 196 Å². The van der Waals surface area contributed by atoms with Gasteiger partial charge in [0, 0.05) is 36.7 Å². The Bertz CT molecular complexity index is 1130. The van der Waals surface area contributed by atoms with Gasteiger partial charge < -0.3 is 10.2 Å². The van der Waals surface area contributed by atoms with Crippen LogP contribution < -0.4 is 0 Å². The Morgan fingerprint density at radius 2 is 1.85 bits per heavy atom. The topological polar surface area (TPSA) is 81.1 Å². The second kappa shape index (κ2) is 9.96. The van der Waals surface area contributed by atoms with Gasteiger partial charge in [0.2, 0.25) is 10.0 Å². The summed E-state index contributed by atoms with van der Waals surface area (Å²) >= 11 is 0. The summed E-state index contributed by atoms with van der Waals surface area (Å²) < 4.78 is 28.6. The third kappa shape index (κ3) is 5.01. The molecule has 4 rings (SSSR count). The zero-order chi connectivity index (χ0) is 23.6. The molecule has 0 spiro atoms. The number of hydrogen-bond acceptors (Lipinski definition) is 5. The van der Waals surface area contributed by atoms with E-state index in [0.717, 1.165) is 36.1 Å². The molecule has 0 saturated carbocycles. The van der Waals surface area contributed by atoms with Crippen molar-refractivity contribution in [3.05, 3.63) is 65.2 Å². The molecule has 0 amide bonds. The van der Waals surface area contributed by atoms with Gasteiger partial charge in [0.1, 0.15) is 6.10 Å². The van der Waals surface area contributed by atoms with Gasteiger partial charge in [-0.25, -0.2) is 8.42 Å². The molecular formula is C26H32N2O4S. The second-order valence-corrected chi connectivity index (χ2v) is 11.0. The molecule has 7 heteroatoms. The van der Waals surface area contributed by atoms with Crippen molar-refractivity contribution in [1.29, 1.82) is 0 Å². The molecule has 176 valence electrons. The number of rotatable bonds is 4. The average Bonchev–Trinajstić information content (AvgIpc) is 2.77. The van der Waals surface area contributed by atoms with E-state index in [4.69, 9.17) is 0 Å². The van der Waals surface area contributed by atoms with Crippen LogP contribution in [0.1, 0.15) is 42.4 Å². The van der Waals surface area contributed by atoms with Crippen molar-refractivity contribution in [2.24, 2.45) is 0 Å². The van der Waals surface area contributed by atoms with Crippen LogP contribution in [0, 0.1) is 18.8 Å². The summed E-state index contributed by atoms with van der Waals surface area (Å²) in [6.07, 6.45) is 1.01. The lowest BCUT2D eigenvalue weighted by Gasteiger charge is -2.57. The first-order chi connectivity index (χ1) is 15.8. The van der Waals surface area contributed by atoms with Gasteiger partial charge in [0.25, 0.3) is 0 Å². The molecule has 2 aliphatic rings. The first-order valence-electron chi connectivity index (χ1n) is 11.5. The Kier molecular flexibility index (Phi) is 7.22. The van der Waals surface area contributed by atoms with E-state index in [0.29, 0.717) is 18.0 Å². The lowest BCUT2D eigenvalue weighted by molar-refractivity contribution is -0.0553. The van der Waals surface area contributed by atoms with Crippen molar-refractivity contribution >= 4 is 10.0 Å². The molecule has 4 atom stereocenters. The second-order valence-electron chi connectivity index (χ2n) is 9.03. The van der Waals surface area contributed by atoms with Gasteiger partial charge in [0.05, 0.1) is 11.5 Å². The third-order valence-corrected chi connectivity index (χ3v) is 8.54. The predicted molar refractivity (Wildman–Crippen MR) is 128 cm³/mol. The van der Waals surface area contributed by atoms with Gasteiger partial charge in [-0.05, 0) is 68.6 Å². The molecule has 0 unspecified atom stereocenters. The van der Waals surface area contributed by atoms with E-state index < -0.39 is 16.1 Å². The Balaban J connectivity index is 1.61. The average molecular weight is 469 g/mol. The predicted octanol–water partition coefficient (Wildman–Crippen LogP) is 2.34. The summed E-state index contributed by atoms with van der Waals surface area (Å²) in [6, 6.07) is 14.9. The number of nitrogens with zero attached hydrogens (tertiary/aromatic N) is 2. The van der Waals surface area contributed by atoms with Crippen LogP contribution in [0.5, 0.6) is 0 Å². The molecule has 2 aromatic carbocycles. The summed E-state index contributed by atoms with van der Waals surface area (Å²) in [5.41, 5.74) is 2.81. The Morgan fingerprint density at radius 3 is 2.52 bits per heavy atom. The minimum atomic E-state index is -3.60. The zero-order valence-electron chi connectivity index (χ0n) is 19.2. The number of hydrogen-bond donors (Lipinski definition) is 2. The fourth-order valence-corrected chi connectivity index (χ4v) is 6.63. The molecule has 2 saturated heterocycles. The van der Waals surface area contributed by atoms with E-state index >= 15 is 0 Å². The van der Waals surface area contributed by atoms with Gasteiger partial charge in [-0.2, -0.15) is 4.31 Å². The highest BCUT2D eigenvalue weighted by Gasteiger charge is 2.50. The summed E-state index contributed by atoms with van der Waals surface area (Å²) in [7, 11) is -3.60.